The first-order valence-electron chi connectivity index (χ1n) is 5.33. The molecule has 0 unspecified atom stereocenters. The monoisotopic (exact) mass is 251 g/mol. The zero-order valence-electron chi connectivity index (χ0n) is 9.53. The van der Waals surface area contributed by atoms with Crippen LogP contribution in [0.4, 0.5) is 4.39 Å². The van der Waals surface area contributed by atoms with Crippen LogP contribution in [0.5, 0.6) is 0 Å². The van der Waals surface area contributed by atoms with Crippen molar-refractivity contribution in [2.75, 3.05) is 7.05 Å². The number of halogens is 1. The minimum atomic E-state index is -0.203. The zero-order valence-corrected chi connectivity index (χ0v) is 10.4. The third-order valence-corrected chi connectivity index (χ3v) is 3.22. The predicted molar refractivity (Wildman–Crippen MR) is 67.3 cm³/mol. The number of nitrogens with zero attached hydrogens (tertiary/aromatic N) is 1. The predicted octanol–water partition coefficient (Wildman–Crippen LogP) is 2.56. The summed E-state index contributed by atoms with van der Waals surface area (Å²) >= 11 is 1.56. The Bertz CT molecular complexity index is 484. The first kappa shape index (κ1) is 12.1. The molecule has 0 saturated carbocycles. The fourth-order valence-corrected chi connectivity index (χ4v) is 2.29. The van der Waals surface area contributed by atoms with Crippen molar-refractivity contribution in [2.24, 2.45) is 0 Å². The summed E-state index contributed by atoms with van der Waals surface area (Å²) < 4.78 is 13.0. The highest BCUT2D eigenvalue weighted by molar-refractivity contribution is 7.98. The van der Waals surface area contributed by atoms with Gasteiger partial charge in [0.25, 0.3) is 0 Å². The third-order valence-electron chi connectivity index (χ3n) is 2.22. The van der Waals surface area contributed by atoms with E-state index in [0.717, 1.165) is 23.0 Å². The summed E-state index contributed by atoms with van der Waals surface area (Å²) in [5.41, 5.74) is 1.06. The van der Waals surface area contributed by atoms with Crippen LogP contribution in [-0.2, 0) is 12.3 Å². The first-order valence-corrected chi connectivity index (χ1v) is 6.32. The second-order valence-corrected chi connectivity index (χ2v) is 4.68. The molecule has 1 aromatic carbocycles. The molecule has 0 aliphatic rings. The van der Waals surface area contributed by atoms with Gasteiger partial charge in [0, 0.05) is 23.3 Å². The van der Waals surface area contributed by atoms with Crippen LogP contribution >= 0.6 is 11.8 Å². The molecule has 0 saturated heterocycles. The maximum atomic E-state index is 13.0. The summed E-state index contributed by atoms with van der Waals surface area (Å²) in [5, 5.41) is 3.05. The SMILES string of the molecule is CNCc1cnc(CSc2cccc(F)c2)[nH]1. The maximum Gasteiger partial charge on any atom is 0.124 e. The summed E-state index contributed by atoms with van der Waals surface area (Å²) in [6.07, 6.45) is 1.82. The number of imidazole rings is 1. The van der Waals surface area contributed by atoms with Crippen molar-refractivity contribution >= 4 is 11.8 Å². The topological polar surface area (TPSA) is 40.7 Å². The molecule has 0 aliphatic carbocycles. The van der Waals surface area contributed by atoms with Gasteiger partial charge in [-0.3, -0.25) is 0 Å². The summed E-state index contributed by atoms with van der Waals surface area (Å²) in [4.78, 5) is 8.39. The van der Waals surface area contributed by atoms with Crippen LogP contribution < -0.4 is 5.32 Å². The number of aromatic nitrogens is 2. The van der Waals surface area contributed by atoms with Gasteiger partial charge >= 0.3 is 0 Å². The Morgan fingerprint density at radius 3 is 3.12 bits per heavy atom. The molecule has 0 bridgehead atoms. The van der Waals surface area contributed by atoms with E-state index in [9.17, 15) is 4.39 Å². The third kappa shape index (κ3) is 3.57. The molecule has 2 rings (SSSR count). The highest BCUT2D eigenvalue weighted by Gasteiger charge is 2.02. The van der Waals surface area contributed by atoms with Crippen molar-refractivity contribution in [3.63, 3.8) is 0 Å². The molecule has 5 heteroatoms. The lowest BCUT2D eigenvalue weighted by Crippen LogP contribution is -2.05. The second kappa shape index (κ2) is 5.84. The minimum absolute atomic E-state index is 0.203. The smallest absolute Gasteiger partial charge is 0.124 e. The molecule has 1 aromatic heterocycles. The molecule has 17 heavy (non-hydrogen) atoms. The molecule has 0 spiro atoms. The van der Waals surface area contributed by atoms with Crippen molar-refractivity contribution in [2.45, 2.75) is 17.2 Å². The number of H-pyrrole nitrogens is 1. The Balaban J connectivity index is 1.93. The van der Waals surface area contributed by atoms with E-state index in [1.165, 1.54) is 12.1 Å². The van der Waals surface area contributed by atoms with Crippen LogP contribution in [0.25, 0.3) is 0 Å². The van der Waals surface area contributed by atoms with Gasteiger partial charge in [-0.15, -0.1) is 11.8 Å². The number of thioether (sulfide) groups is 1. The lowest BCUT2D eigenvalue weighted by atomic mass is 10.4. The van der Waals surface area contributed by atoms with Gasteiger partial charge in [-0.05, 0) is 25.2 Å². The molecular formula is C12H14FN3S. The molecule has 0 fully saturated rings. The summed E-state index contributed by atoms with van der Waals surface area (Å²) in [6.45, 7) is 0.775. The molecular weight excluding hydrogens is 237 g/mol. The van der Waals surface area contributed by atoms with E-state index in [-0.39, 0.29) is 5.82 Å². The Hall–Kier alpha value is -1.33. The van der Waals surface area contributed by atoms with E-state index in [4.69, 9.17) is 0 Å². The van der Waals surface area contributed by atoms with Gasteiger partial charge in [0.15, 0.2) is 0 Å². The van der Waals surface area contributed by atoms with E-state index in [1.54, 1.807) is 17.8 Å². The van der Waals surface area contributed by atoms with Gasteiger partial charge in [-0.2, -0.15) is 0 Å². The molecule has 0 aliphatic heterocycles. The fourth-order valence-electron chi connectivity index (χ4n) is 1.47. The number of rotatable bonds is 5. The standard InChI is InChI=1S/C12H14FN3S/c1-14-6-10-7-15-12(16-10)8-17-11-4-2-3-9(13)5-11/h2-5,7,14H,6,8H2,1H3,(H,15,16). The molecule has 2 aromatic rings. The summed E-state index contributed by atoms with van der Waals surface area (Å²) in [7, 11) is 1.89. The van der Waals surface area contributed by atoms with Crippen LogP contribution in [0, 0.1) is 5.82 Å². The van der Waals surface area contributed by atoms with Crippen LogP contribution in [0.1, 0.15) is 11.5 Å². The fraction of sp³-hybridized carbons (Fsp3) is 0.250. The summed E-state index contributed by atoms with van der Waals surface area (Å²) in [6, 6.07) is 6.58. The number of nitrogens with one attached hydrogen (secondary N) is 2. The summed E-state index contributed by atoms with van der Waals surface area (Å²) in [5.74, 6) is 1.42. The van der Waals surface area contributed by atoms with E-state index >= 15 is 0 Å². The van der Waals surface area contributed by atoms with Crippen LogP contribution in [-0.4, -0.2) is 17.0 Å². The quantitative estimate of drug-likeness (QED) is 0.802. The normalized spacial score (nSPS) is 10.7. The average Bonchev–Trinajstić information content (AvgIpc) is 2.75. The zero-order chi connectivity index (χ0) is 12.1. The van der Waals surface area contributed by atoms with Crippen LogP contribution in [0.3, 0.4) is 0 Å². The molecule has 2 N–H and O–H groups in total. The molecule has 0 atom stereocenters. The Morgan fingerprint density at radius 2 is 2.35 bits per heavy atom. The molecule has 0 amide bonds. The average molecular weight is 251 g/mol. The first-order chi connectivity index (χ1) is 8.28. The van der Waals surface area contributed by atoms with Crippen molar-refractivity contribution in [1.29, 1.82) is 0 Å². The Labute approximate surface area is 104 Å². The molecule has 90 valence electrons. The maximum absolute atomic E-state index is 13.0. The number of aromatic amines is 1. The van der Waals surface area contributed by atoms with Crippen LogP contribution in [0.15, 0.2) is 35.4 Å². The lowest BCUT2D eigenvalue weighted by Gasteiger charge is -1.99. The number of benzene rings is 1. The highest BCUT2D eigenvalue weighted by atomic mass is 32.2. The molecule has 1 heterocycles. The van der Waals surface area contributed by atoms with Gasteiger partial charge in [0.2, 0.25) is 0 Å². The van der Waals surface area contributed by atoms with Gasteiger partial charge in [-0.25, -0.2) is 9.37 Å². The van der Waals surface area contributed by atoms with Gasteiger partial charge in [-0.1, -0.05) is 6.07 Å². The highest BCUT2D eigenvalue weighted by Crippen LogP contribution is 2.21. The van der Waals surface area contributed by atoms with Gasteiger partial charge in [0.05, 0.1) is 5.75 Å². The van der Waals surface area contributed by atoms with Gasteiger partial charge in [0.1, 0.15) is 11.6 Å². The lowest BCUT2D eigenvalue weighted by molar-refractivity contribution is 0.624. The van der Waals surface area contributed by atoms with E-state index in [2.05, 4.69) is 15.3 Å². The van der Waals surface area contributed by atoms with Crippen molar-refractivity contribution in [3.8, 4) is 0 Å². The number of hydrogen-bond donors (Lipinski definition) is 2. The van der Waals surface area contributed by atoms with Gasteiger partial charge < -0.3 is 10.3 Å². The van der Waals surface area contributed by atoms with E-state index in [1.807, 2.05) is 19.3 Å². The Morgan fingerprint density at radius 1 is 1.47 bits per heavy atom. The largest absolute Gasteiger partial charge is 0.344 e. The van der Waals surface area contributed by atoms with Crippen LogP contribution in [0.2, 0.25) is 0 Å². The Kier molecular flexibility index (Phi) is 4.17. The molecule has 3 nitrogen and oxygen atoms in total. The van der Waals surface area contributed by atoms with Crippen molar-refractivity contribution in [3.05, 3.63) is 47.8 Å². The van der Waals surface area contributed by atoms with Crippen molar-refractivity contribution < 1.29 is 4.39 Å². The second-order valence-electron chi connectivity index (χ2n) is 3.63. The number of hydrogen-bond acceptors (Lipinski definition) is 3. The minimum Gasteiger partial charge on any atom is -0.344 e. The van der Waals surface area contributed by atoms with E-state index in [0.29, 0.717) is 5.75 Å². The molecule has 0 radical (unpaired) electrons. The van der Waals surface area contributed by atoms with Crippen molar-refractivity contribution in [1.82, 2.24) is 15.3 Å². The van der Waals surface area contributed by atoms with E-state index < -0.39 is 0 Å².